The van der Waals surface area contributed by atoms with Crippen molar-refractivity contribution in [1.29, 1.82) is 0 Å². The number of nitro groups is 1. The summed E-state index contributed by atoms with van der Waals surface area (Å²) in [6, 6.07) is 9.45. The van der Waals surface area contributed by atoms with Gasteiger partial charge in [-0.2, -0.15) is 0 Å². The van der Waals surface area contributed by atoms with Gasteiger partial charge in [0.15, 0.2) is 0 Å². The van der Waals surface area contributed by atoms with Crippen LogP contribution in [0.3, 0.4) is 0 Å². The quantitative estimate of drug-likeness (QED) is 0.609. The molecule has 1 saturated heterocycles. The number of nitrogens with zero attached hydrogens (tertiary/aromatic N) is 3. The van der Waals surface area contributed by atoms with Crippen LogP contribution in [0.25, 0.3) is 0 Å². The van der Waals surface area contributed by atoms with Gasteiger partial charge in [0.05, 0.1) is 0 Å². The van der Waals surface area contributed by atoms with Gasteiger partial charge in [-0.1, -0.05) is 18.2 Å². The highest BCUT2D eigenvalue weighted by Crippen LogP contribution is 2.35. The van der Waals surface area contributed by atoms with Gasteiger partial charge in [0.25, 0.3) is 0 Å². The Morgan fingerprint density at radius 3 is 2.35 bits per heavy atom. The van der Waals surface area contributed by atoms with E-state index in [1.54, 1.807) is 4.90 Å². The molecular formula is C14H17N3O3. The molecule has 0 bridgehead atoms. The molecule has 1 aromatic carbocycles. The molecule has 0 unspecified atom stereocenters. The van der Waals surface area contributed by atoms with Gasteiger partial charge >= 0.3 is 0 Å². The molecule has 106 valence electrons. The molecule has 1 aliphatic carbocycles. The monoisotopic (exact) mass is 275 g/mol. The molecule has 3 rings (SSSR count). The van der Waals surface area contributed by atoms with Crippen molar-refractivity contribution in [3.8, 4) is 0 Å². The molecule has 0 radical (unpaired) electrons. The van der Waals surface area contributed by atoms with Crippen molar-refractivity contribution in [2.75, 3.05) is 31.1 Å². The zero-order valence-corrected chi connectivity index (χ0v) is 11.1. The third-order valence-electron chi connectivity index (χ3n) is 4.06. The molecule has 1 saturated carbocycles. The van der Waals surface area contributed by atoms with Gasteiger partial charge in [0.1, 0.15) is 5.92 Å². The number of benzene rings is 1. The van der Waals surface area contributed by atoms with E-state index in [9.17, 15) is 14.9 Å². The van der Waals surface area contributed by atoms with Crippen LogP contribution in [0.15, 0.2) is 30.3 Å². The van der Waals surface area contributed by atoms with Gasteiger partial charge in [-0.25, -0.2) is 0 Å². The van der Waals surface area contributed by atoms with Crippen molar-refractivity contribution < 1.29 is 9.72 Å². The molecule has 0 N–H and O–H groups in total. The summed E-state index contributed by atoms with van der Waals surface area (Å²) in [6.45, 7) is 2.86. The number of para-hydroxylation sites is 1. The highest BCUT2D eigenvalue weighted by atomic mass is 16.6. The Morgan fingerprint density at radius 1 is 1.15 bits per heavy atom. The van der Waals surface area contributed by atoms with Crippen LogP contribution in [0.1, 0.15) is 6.42 Å². The zero-order valence-electron chi connectivity index (χ0n) is 11.1. The Labute approximate surface area is 117 Å². The molecular weight excluding hydrogens is 258 g/mol. The number of piperazine rings is 1. The first-order valence-corrected chi connectivity index (χ1v) is 6.89. The van der Waals surface area contributed by atoms with E-state index < -0.39 is 6.04 Å². The fraction of sp³-hybridized carbons (Fsp3) is 0.500. The van der Waals surface area contributed by atoms with E-state index in [2.05, 4.69) is 17.0 Å². The fourth-order valence-electron chi connectivity index (χ4n) is 2.74. The van der Waals surface area contributed by atoms with E-state index in [0.717, 1.165) is 18.8 Å². The highest BCUT2D eigenvalue weighted by Gasteiger charge is 2.54. The largest absolute Gasteiger partial charge is 0.368 e. The maximum atomic E-state index is 12.1. The third kappa shape index (κ3) is 2.45. The minimum Gasteiger partial charge on any atom is -0.368 e. The lowest BCUT2D eigenvalue weighted by atomic mass is 10.2. The first-order valence-electron chi connectivity index (χ1n) is 6.89. The third-order valence-corrected chi connectivity index (χ3v) is 4.06. The van der Waals surface area contributed by atoms with Crippen LogP contribution < -0.4 is 4.90 Å². The molecule has 1 aliphatic heterocycles. The van der Waals surface area contributed by atoms with Gasteiger partial charge in [-0.05, 0) is 12.1 Å². The van der Waals surface area contributed by atoms with Gasteiger partial charge < -0.3 is 9.80 Å². The molecule has 1 heterocycles. The number of hydrogen-bond acceptors (Lipinski definition) is 4. The highest BCUT2D eigenvalue weighted by molar-refractivity contribution is 5.82. The van der Waals surface area contributed by atoms with Crippen LogP contribution >= 0.6 is 0 Å². The van der Waals surface area contributed by atoms with Gasteiger partial charge in [0.2, 0.25) is 11.9 Å². The maximum absolute atomic E-state index is 12.1. The number of carbonyl (C=O) groups is 1. The van der Waals surface area contributed by atoms with Crippen molar-refractivity contribution in [2.45, 2.75) is 12.5 Å². The summed E-state index contributed by atoms with van der Waals surface area (Å²) in [7, 11) is 0. The predicted octanol–water partition coefficient (Wildman–Crippen LogP) is 1.00. The number of anilines is 1. The minimum absolute atomic E-state index is 0.0422. The number of carbonyl (C=O) groups excluding carboxylic acids is 1. The summed E-state index contributed by atoms with van der Waals surface area (Å²) in [5.74, 6) is -0.423. The van der Waals surface area contributed by atoms with Gasteiger partial charge in [-0.15, -0.1) is 0 Å². The number of amides is 1. The van der Waals surface area contributed by atoms with Crippen molar-refractivity contribution in [3.05, 3.63) is 40.4 Å². The van der Waals surface area contributed by atoms with Crippen LogP contribution in [-0.2, 0) is 4.79 Å². The van der Waals surface area contributed by atoms with Crippen LogP contribution in [0.4, 0.5) is 5.69 Å². The van der Waals surface area contributed by atoms with Crippen LogP contribution in [0.2, 0.25) is 0 Å². The lowest BCUT2D eigenvalue weighted by Gasteiger charge is -2.36. The molecule has 6 nitrogen and oxygen atoms in total. The molecule has 20 heavy (non-hydrogen) atoms. The van der Waals surface area contributed by atoms with Crippen LogP contribution in [-0.4, -0.2) is 48.0 Å². The standard InChI is InChI=1S/C14H17N3O3/c18-14(12-10-13(12)17(19)20)16-8-6-15(7-9-16)11-4-2-1-3-5-11/h1-5,12-13H,6-10H2/t12-,13+/m1/s1. The summed E-state index contributed by atoms with van der Waals surface area (Å²) in [4.78, 5) is 26.4. The van der Waals surface area contributed by atoms with E-state index >= 15 is 0 Å². The topological polar surface area (TPSA) is 66.7 Å². The molecule has 0 aromatic heterocycles. The maximum Gasteiger partial charge on any atom is 0.233 e. The average Bonchev–Trinajstić information content (AvgIpc) is 3.28. The summed E-state index contributed by atoms with van der Waals surface area (Å²) in [5.41, 5.74) is 1.16. The Bertz CT molecular complexity index is 512. The van der Waals surface area contributed by atoms with Gasteiger partial charge in [0, 0.05) is 43.2 Å². The number of hydrogen-bond donors (Lipinski definition) is 0. The lowest BCUT2D eigenvalue weighted by Crippen LogP contribution is -2.49. The molecule has 2 aliphatic rings. The van der Waals surface area contributed by atoms with Crippen molar-refractivity contribution in [3.63, 3.8) is 0 Å². The number of rotatable bonds is 3. The molecule has 2 atom stereocenters. The SMILES string of the molecule is O=C([C@@H]1C[C@@H]1[N+](=O)[O-])N1CCN(c2ccccc2)CC1. The second-order valence-electron chi connectivity index (χ2n) is 5.34. The van der Waals surface area contributed by atoms with E-state index in [4.69, 9.17) is 0 Å². The van der Waals surface area contributed by atoms with Crippen LogP contribution in [0, 0.1) is 16.0 Å². The normalized spacial score (nSPS) is 25.4. The first-order chi connectivity index (χ1) is 9.66. The molecule has 6 heteroatoms. The van der Waals surface area contributed by atoms with E-state index in [0.29, 0.717) is 19.5 Å². The summed E-state index contributed by atoms with van der Waals surface area (Å²) in [5, 5.41) is 10.6. The lowest BCUT2D eigenvalue weighted by molar-refractivity contribution is -0.497. The van der Waals surface area contributed by atoms with Crippen molar-refractivity contribution in [2.24, 2.45) is 5.92 Å². The van der Waals surface area contributed by atoms with Gasteiger partial charge in [-0.3, -0.25) is 14.9 Å². The second-order valence-corrected chi connectivity index (χ2v) is 5.34. The van der Waals surface area contributed by atoms with E-state index in [1.165, 1.54) is 0 Å². The molecule has 2 fully saturated rings. The van der Waals surface area contributed by atoms with E-state index in [-0.39, 0.29) is 16.7 Å². The Morgan fingerprint density at radius 2 is 1.80 bits per heavy atom. The van der Waals surface area contributed by atoms with Crippen LogP contribution in [0.5, 0.6) is 0 Å². The fourth-order valence-corrected chi connectivity index (χ4v) is 2.74. The summed E-state index contributed by atoms with van der Waals surface area (Å²) < 4.78 is 0. The molecule has 1 aromatic rings. The average molecular weight is 275 g/mol. The second kappa shape index (κ2) is 5.11. The summed E-state index contributed by atoms with van der Waals surface area (Å²) >= 11 is 0. The zero-order chi connectivity index (χ0) is 14.1. The minimum atomic E-state index is -0.644. The molecule has 1 amide bonds. The Hall–Kier alpha value is -2.11. The molecule has 0 spiro atoms. The summed E-state index contributed by atoms with van der Waals surface area (Å²) in [6.07, 6.45) is 0.407. The Balaban J connectivity index is 1.54. The van der Waals surface area contributed by atoms with E-state index in [1.807, 2.05) is 18.2 Å². The smallest absolute Gasteiger partial charge is 0.233 e. The predicted molar refractivity (Wildman–Crippen MR) is 74.1 cm³/mol. The van der Waals surface area contributed by atoms with Crippen molar-refractivity contribution >= 4 is 11.6 Å². The first kappa shape index (κ1) is 12.9. The Kier molecular flexibility index (Phi) is 3.30. The van der Waals surface area contributed by atoms with Crippen molar-refractivity contribution in [1.82, 2.24) is 4.90 Å².